The fraction of sp³-hybridized carbons (Fsp3) is 1.00. The smallest absolute Gasteiger partial charge is 0.279 e. The van der Waals surface area contributed by atoms with Gasteiger partial charge in [-0.25, -0.2) is 4.72 Å². The first-order valence-electron chi connectivity index (χ1n) is 5.66. The van der Waals surface area contributed by atoms with Crippen molar-refractivity contribution >= 4 is 10.2 Å². The van der Waals surface area contributed by atoms with Gasteiger partial charge in [0.15, 0.2) is 0 Å². The Morgan fingerprint density at radius 1 is 1.44 bits per heavy atom. The molecule has 1 aliphatic heterocycles. The Morgan fingerprint density at radius 2 is 2.06 bits per heavy atom. The van der Waals surface area contributed by atoms with Crippen molar-refractivity contribution in [1.82, 2.24) is 9.03 Å². The van der Waals surface area contributed by atoms with E-state index in [0.29, 0.717) is 32.8 Å². The van der Waals surface area contributed by atoms with E-state index in [-0.39, 0.29) is 6.10 Å². The number of ether oxygens (including phenoxy) is 1. The van der Waals surface area contributed by atoms with Crippen molar-refractivity contribution < 1.29 is 13.2 Å². The van der Waals surface area contributed by atoms with Gasteiger partial charge >= 0.3 is 0 Å². The predicted octanol–water partition coefficient (Wildman–Crippen LogP) is -0.720. The fourth-order valence-electron chi connectivity index (χ4n) is 1.75. The molecule has 6 nitrogen and oxygen atoms in total. The molecule has 0 saturated carbocycles. The molecule has 0 aromatic carbocycles. The van der Waals surface area contributed by atoms with Gasteiger partial charge in [0.25, 0.3) is 10.2 Å². The van der Waals surface area contributed by atoms with Crippen LogP contribution in [0.25, 0.3) is 0 Å². The molecule has 0 amide bonds. The Kier molecular flexibility index (Phi) is 5.63. The second kappa shape index (κ2) is 6.51. The monoisotopic (exact) mass is 251 g/mol. The van der Waals surface area contributed by atoms with Crippen LogP contribution in [0.2, 0.25) is 0 Å². The topological polar surface area (TPSA) is 84.7 Å². The summed E-state index contributed by atoms with van der Waals surface area (Å²) in [5.74, 6) is 0. The zero-order valence-electron chi connectivity index (χ0n) is 9.68. The molecule has 1 heterocycles. The molecule has 0 unspecified atom stereocenters. The first-order chi connectivity index (χ1) is 7.60. The molecule has 1 aliphatic rings. The van der Waals surface area contributed by atoms with Gasteiger partial charge in [-0.05, 0) is 12.8 Å². The van der Waals surface area contributed by atoms with Gasteiger partial charge < -0.3 is 10.5 Å². The standard InChI is InChI=1S/C9H21N3O3S/c1-2-11-16(13,14)12-6-3-9(4-7-12)15-8-5-10/h9,11H,2-8,10H2,1H3. The molecule has 0 atom stereocenters. The van der Waals surface area contributed by atoms with Crippen LogP contribution < -0.4 is 10.5 Å². The fourth-order valence-corrected chi connectivity index (χ4v) is 2.99. The average molecular weight is 251 g/mol. The van der Waals surface area contributed by atoms with Crippen molar-refractivity contribution in [3.63, 3.8) is 0 Å². The number of nitrogens with two attached hydrogens (primary N) is 1. The molecule has 0 bridgehead atoms. The van der Waals surface area contributed by atoms with Crippen molar-refractivity contribution in [3.05, 3.63) is 0 Å². The Balaban J connectivity index is 2.37. The van der Waals surface area contributed by atoms with E-state index < -0.39 is 10.2 Å². The van der Waals surface area contributed by atoms with E-state index in [1.54, 1.807) is 6.92 Å². The van der Waals surface area contributed by atoms with E-state index in [1.807, 2.05) is 0 Å². The molecule has 96 valence electrons. The quantitative estimate of drug-likeness (QED) is 0.652. The number of hydrogen-bond acceptors (Lipinski definition) is 4. The zero-order valence-corrected chi connectivity index (χ0v) is 10.5. The van der Waals surface area contributed by atoms with Crippen LogP contribution in [0.4, 0.5) is 0 Å². The summed E-state index contributed by atoms with van der Waals surface area (Å²) in [6, 6.07) is 0. The molecule has 0 aliphatic carbocycles. The molecule has 0 spiro atoms. The van der Waals surface area contributed by atoms with Gasteiger partial charge in [-0.2, -0.15) is 12.7 Å². The minimum atomic E-state index is -3.27. The summed E-state index contributed by atoms with van der Waals surface area (Å²) < 4.78 is 32.8. The minimum absolute atomic E-state index is 0.150. The third kappa shape index (κ3) is 3.99. The SMILES string of the molecule is CCNS(=O)(=O)N1CCC(OCCN)CC1. The van der Waals surface area contributed by atoms with Crippen molar-refractivity contribution in [2.75, 3.05) is 32.8 Å². The van der Waals surface area contributed by atoms with Gasteiger partial charge in [-0.3, -0.25) is 0 Å². The summed E-state index contributed by atoms with van der Waals surface area (Å²) in [6.45, 7) is 4.29. The van der Waals surface area contributed by atoms with E-state index in [4.69, 9.17) is 10.5 Å². The molecule has 3 N–H and O–H groups in total. The van der Waals surface area contributed by atoms with Crippen LogP contribution in [0.15, 0.2) is 0 Å². The zero-order chi connectivity index (χ0) is 12.0. The first kappa shape index (κ1) is 13.9. The maximum absolute atomic E-state index is 11.7. The highest BCUT2D eigenvalue weighted by atomic mass is 32.2. The summed E-state index contributed by atoms with van der Waals surface area (Å²) in [6.07, 6.45) is 1.63. The molecule has 0 radical (unpaired) electrons. The maximum Gasteiger partial charge on any atom is 0.279 e. The second-order valence-electron chi connectivity index (χ2n) is 3.76. The predicted molar refractivity (Wildman–Crippen MR) is 62.2 cm³/mol. The normalized spacial score (nSPS) is 20.1. The third-order valence-electron chi connectivity index (χ3n) is 2.54. The van der Waals surface area contributed by atoms with Crippen LogP contribution in [0.5, 0.6) is 0 Å². The Labute approximate surface area is 97.3 Å². The molecule has 1 fully saturated rings. The van der Waals surface area contributed by atoms with E-state index >= 15 is 0 Å². The molecule has 0 aromatic heterocycles. The van der Waals surface area contributed by atoms with Crippen molar-refractivity contribution in [1.29, 1.82) is 0 Å². The van der Waals surface area contributed by atoms with Crippen LogP contribution in [-0.2, 0) is 14.9 Å². The highest BCUT2D eigenvalue weighted by molar-refractivity contribution is 7.87. The molecular formula is C9H21N3O3S. The van der Waals surface area contributed by atoms with Crippen LogP contribution in [0, 0.1) is 0 Å². The number of piperidine rings is 1. The van der Waals surface area contributed by atoms with Gasteiger partial charge in [0.05, 0.1) is 12.7 Å². The summed E-state index contributed by atoms with van der Waals surface area (Å²) in [5.41, 5.74) is 5.34. The first-order valence-corrected chi connectivity index (χ1v) is 7.10. The van der Waals surface area contributed by atoms with E-state index in [2.05, 4.69) is 4.72 Å². The molecule has 1 saturated heterocycles. The van der Waals surface area contributed by atoms with Crippen molar-refractivity contribution in [3.8, 4) is 0 Å². The Hall–Kier alpha value is -0.210. The lowest BCUT2D eigenvalue weighted by molar-refractivity contribution is 0.0256. The number of nitrogens with one attached hydrogen (secondary N) is 1. The summed E-state index contributed by atoms with van der Waals surface area (Å²) >= 11 is 0. The highest BCUT2D eigenvalue weighted by Gasteiger charge is 2.27. The van der Waals surface area contributed by atoms with Gasteiger partial charge in [0.2, 0.25) is 0 Å². The molecule has 1 rings (SSSR count). The van der Waals surface area contributed by atoms with Gasteiger partial charge in [0.1, 0.15) is 0 Å². The number of rotatable bonds is 6. The average Bonchev–Trinajstić information content (AvgIpc) is 2.27. The van der Waals surface area contributed by atoms with Gasteiger partial charge in [-0.15, -0.1) is 0 Å². The largest absolute Gasteiger partial charge is 0.377 e. The van der Waals surface area contributed by atoms with Crippen LogP contribution >= 0.6 is 0 Å². The molecule has 16 heavy (non-hydrogen) atoms. The summed E-state index contributed by atoms with van der Waals surface area (Å²) in [7, 11) is -3.27. The molecule has 7 heteroatoms. The number of nitrogens with zero attached hydrogens (tertiary/aromatic N) is 1. The Morgan fingerprint density at radius 3 is 2.56 bits per heavy atom. The van der Waals surface area contributed by atoms with Crippen LogP contribution in [0.3, 0.4) is 0 Å². The van der Waals surface area contributed by atoms with Gasteiger partial charge in [-0.1, -0.05) is 6.92 Å². The third-order valence-corrected chi connectivity index (χ3v) is 4.24. The minimum Gasteiger partial charge on any atom is -0.377 e. The number of hydrogen-bond donors (Lipinski definition) is 2. The van der Waals surface area contributed by atoms with Crippen molar-refractivity contribution in [2.45, 2.75) is 25.9 Å². The van der Waals surface area contributed by atoms with E-state index in [0.717, 1.165) is 12.8 Å². The van der Waals surface area contributed by atoms with Gasteiger partial charge in [0, 0.05) is 26.2 Å². The maximum atomic E-state index is 11.7. The lowest BCUT2D eigenvalue weighted by Crippen LogP contribution is -2.46. The second-order valence-corrected chi connectivity index (χ2v) is 5.52. The van der Waals surface area contributed by atoms with Crippen molar-refractivity contribution in [2.24, 2.45) is 5.73 Å². The van der Waals surface area contributed by atoms with Crippen LogP contribution in [0.1, 0.15) is 19.8 Å². The lowest BCUT2D eigenvalue weighted by atomic mass is 10.1. The summed E-state index contributed by atoms with van der Waals surface area (Å²) in [4.78, 5) is 0. The van der Waals surface area contributed by atoms with Crippen LogP contribution in [-0.4, -0.2) is 51.6 Å². The van der Waals surface area contributed by atoms with E-state index in [1.165, 1.54) is 4.31 Å². The molecular weight excluding hydrogens is 230 g/mol. The van der Waals surface area contributed by atoms with E-state index in [9.17, 15) is 8.42 Å². The lowest BCUT2D eigenvalue weighted by Gasteiger charge is -2.30. The summed E-state index contributed by atoms with van der Waals surface area (Å²) in [5, 5.41) is 0. The Bertz CT molecular complexity index is 286. The highest BCUT2D eigenvalue weighted by Crippen LogP contribution is 2.15. The molecule has 0 aromatic rings.